The van der Waals surface area contributed by atoms with E-state index in [-0.39, 0.29) is 6.54 Å². The minimum absolute atomic E-state index is 0.205. The van der Waals surface area contributed by atoms with E-state index < -0.39 is 0 Å². The van der Waals surface area contributed by atoms with Crippen LogP contribution in [0.2, 0.25) is 0 Å². The summed E-state index contributed by atoms with van der Waals surface area (Å²) in [6.45, 7) is 0.205. The molecule has 0 amide bonds. The first-order chi connectivity index (χ1) is 15.1. The zero-order chi connectivity index (χ0) is 22.5. The molecule has 0 saturated heterocycles. The molecule has 0 unspecified atom stereocenters. The molecule has 8 nitrogen and oxygen atoms in total. The normalized spacial score (nSPS) is 10.5. The molecule has 8 heteroatoms. The van der Waals surface area contributed by atoms with Crippen molar-refractivity contribution in [3.8, 4) is 56.8 Å². The van der Waals surface area contributed by atoms with Gasteiger partial charge < -0.3 is 38.6 Å². The van der Waals surface area contributed by atoms with Gasteiger partial charge in [0.25, 0.3) is 0 Å². The Bertz CT molecular complexity index is 1010. The molecule has 0 fully saturated rings. The number of furan rings is 1. The van der Waals surface area contributed by atoms with Gasteiger partial charge in [-0.3, -0.25) is 0 Å². The van der Waals surface area contributed by atoms with E-state index in [2.05, 4.69) is 0 Å². The van der Waals surface area contributed by atoms with Crippen LogP contribution in [-0.4, -0.2) is 42.7 Å². The van der Waals surface area contributed by atoms with E-state index in [9.17, 15) is 0 Å². The minimum atomic E-state index is 0.205. The molecule has 1 aromatic heterocycles. The Kier molecular flexibility index (Phi) is 6.81. The van der Waals surface area contributed by atoms with Gasteiger partial charge in [0.15, 0.2) is 23.0 Å². The van der Waals surface area contributed by atoms with Crippen LogP contribution in [0.4, 0.5) is 0 Å². The molecule has 0 radical (unpaired) electrons. The predicted octanol–water partition coefficient (Wildman–Crippen LogP) is 4.12. The number of hydrogen-bond acceptors (Lipinski definition) is 8. The maximum absolute atomic E-state index is 5.98. The van der Waals surface area contributed by atoms with Crippen molar-refractivity contribution >= 4 is 0 Å². The highest BCUT2D eigenvalue weighted by Crippen LogP contribution is 2.47. The number of methoxy groups -OCH3 is 6. The first-order valence-electron chi connectivity index (χ1n) is 9.47. The third kappa shape index (κ3) is 3.94. The molecule has 31 heavy (non-hydrogen) atoms. The Labute approximate surface area is 181 Å². The fraction of sp³-hybridized carbons (Fsp3) is 0.304. The Morgan fingerprint density at radius 1 is 0.645 bits per heavy atom. The van der Waals surface area contributed by atoms with Gasteiger partial charge in [-0.15, -0.1) is 0 Å². The highest BCUT2D eigenvalue weighted by molar-refractivity contribution is 5.87. The first kappa shape index (κ1) is 22.2. The highest BCUT2D eigenvalue weighted by Gasteiger charge is 2.23. The second-order valence-electron chi connectivity index (χ2n) is 6.48. The standard InChI is InChI=1S/C23H27NO7/c1-25-16-7-13(8-17(26-2)22(16)29-5)15-12-31-20(11-24)21(15)14-9-18(27-3)23(30-6)19(10-14)28-4/h7-10,12H,11,24H2,1-6H3. The summed E-state index contributed by atoms with van der Waals surface area (Å²) in [5.41, 5.74) is 9.19. The van der Waals surface area contributed by atoms with E-state index in [1.54, 1.807) is 48.9 Å². The molecular weight excluding hydrogens is 402 g/mol. The van der Waals surface area contributed by atoms with Crippen LogP contribution >= 0.6 is 0 Å². The largest absolute Gasteiger partial charge is 0.493 e. The Morgan fingerprint density at radius 3 is 1.42 bits per heavy atom. The quantitative estimate of drug-likeness (QED) is 0.543. The maximum Gasteiger partial charge on any atom is 0.203 e. The van der Waals surface area contributed by atoms with Crippen LogP contribution < -0.4 is 34.2 Å². The lowest BCUT2D eigenvalue weighted by Crippen LogP contribution is -1.99. The van der Waals surface area contributed by atoms with E-state index in [0.29, 0.717) is 40.3 Å². The van der Waals surface area contributed by atoms with Crippen molar-refractivity contribution in [2.45, 2.75) is 6.54 Å². The average Bonchev–Trinajstić information content (AvgIpc) is 3.26. The second-order valence-corrected chi connectivity index (χ2v) is 6.48. The Balaban J connectivity index is 2.29. The number of nitrogens with two attached hydrogens (primary N) is 1. The minimum Gasteiger partial charge on any atom is -0.493 e. The summed E-state index contributed by atoms with van der Waals surface area (Å²) in [6.07, 6.45) is 1.65. The molecule has 0 aliphatic carbocycles. The van der Waals surface area contributed by atoms with Gasteiger partial charge in [-0.05, 0) is 35.4 Å². The molecule has 0 bridgehead atoms. The molecule has 0 spiro atoms. The van der Waals surface area contributed by atoms with Crippen LogP contribution in [0.3, 0.4) is 0 Å². The molecule has 1 heterocycles. The van der Waals surface area contributed by atoms with Crippen molar-refractivity contribution < 1.29 is 32.8 Å². The third-order valence-electron chi connectivity index (χ3n) is 4.98. The van der Waals surface area contributed by atoms with Gasteiger partial charge in [-0.25, -0.2) is 0 Å². The second kappa shape index (κ2) is 9.53. The van der Waals surface area contributed by atoms with Gasteiger partial charge in [0, 0.05) is 11.1 Å². The third-order valence-corrected chi connectivity index (χ3v) is 4.98. The van der Waals surface area contributed by atoms with Crippen molar-refractivity contribution in [3.63, 3.8) is 0 Å². The Hall–Kier alpha value is -3.52. The summed E-state index contributed by atoms with van der Waals surface area (Å²) >= 11 is 0. The highest BCUT2D eigenvalue weighted by atomic mass is 16.5. The van der Waals surface area contributed by atoms with Crippen LogP contribution in [-0.2, 0) is 6.54 Å². The van der Waals surface area contributed by atoms with Gasteiger partial charge in [0.1, 0.15) is 5.76 Å². The summed E-state index contributed by atoms with van der Waals surface area (Å²) in [7, 11) is 9.40. The molecule has 0 saturated carbocycles. The van der Waals surface area contributed by atoms with Crippen molar-refractivity contribution in [2.75, 3.05) is 42.7 Å². The number of ether oxygens (including phenoxy) is 6. The fourth-order valence-corrected chi connectivity index (χ4v) is 3.54. The summed E-state index contributed by atoms with van der Waals surface area (Å²) < 4.78 is 38.7. The SMILES string of the molecule is COc1cc(-c2coc(CN)c2-c2cc(OC)c(OC)c(OC)c2)cc(OC)c1OC. The fourth-order valence-electron chi connectivity index (χ4n) is 3.54. The summed E-state index contributed by atoms with van der Waals surface area (Å²) in [5, 5.41) is 0. The van der Waals surface area contributed by atoms with Crippen molar-refractivity contribution in [1.82, 2.24) is 0 Å². The number of rotatable bonds is 9. The molecule has 0 atom stereocenters. The van der Waals surface area contributed by atoms with Gasteiger partial charge in [-0.1, -0.05) is 0 Å². The van der Waals surface area contributed by atoms with E-state index in [0.717, 1.165) is 22.3 Å². The Morgan fingerprint density at radius 2 is 1.06 bits per heavy atom. The smallest absolute Gasteiger partial charge is 0.203 e. The number of hydrogen-bond donors (Lipinski definition) is 1. The van der Waals surface area contributed by atoms with Crippen molar-refractivity contribution in [1.29, 1.82) is 0 Å². The molecule has 166 valence electrons. The summed E-state index contributed by atoms with van der Waals surface area (Å²) in [5.74, 6) is 3.73. The van der Waals surface area contributed by atoms with E-state index >= 15 is 0 Å². The maximum atomic E-state index is 5.98. The molecule has 2 aromatic carbocycles. The monoisotopic (exact) mass is 429 g/mol. The lowest BCUT2D eigenvalue weighted by atomic mass is 9.95. The van der Waals surface area contributed by atoms with Crippen molar-refractivity contribution in [2.24, 2.45) is 5.73 Å². The molecule has 2 N–H and O–H groups in total. The summed E-state index contributed by atoms with van der Waals surface area (Å²) in [4.78, 5) is 0. The lowest BCUT2D eigenvalue weighted by molar-refractivity contribution is 0.324. The number of benzene rings is 2. The molecule has 3 aromatic rings. The van der Waals surface area contributed by atoms with Crippen LogP contribution in [0.25, 0.3) is 22.3 Å². The average molecular weight is 429 g/mol. The van der Waals surface area contributed by atoms with E-state index in [1.165, 1.54) is 0 Å². The van der Waals surface area contributed by atoms with Gasteiger partial charge >= 0.3 is 0 Å². The van der Waals surface area contributed by atoms with E-state index in [1.807, 2.05) is 24.3 Å². The molecule has 3 rings (SSSR count). The van der Waals surface area contributed by atoms with Crippen molar-refractivity contribution in [3.05, 3.63) is 36.3 Å². The first-order valence-corrected chi connectivity index (χ1v) is 9.47. The van der Waals surface area contributed by atoms with E-state index in [4.69, 9.17) is 38.6 Å². The van der Waals surface area contributed by atoms with Crippen LogP contribution in [0, 0.1) is 0 Å². The van der Waals surface area contributed by atoms with Crippen LogP contribution in [0.1, 0.15) is 5.76 Å². The van der Waals surface area contributed by atoms with Gasteiger partial charge in [0.05, 0.1) is 55.5 Å². The topological polar surface area (TPSA) is 94.5 Å². The van der Waals surface area contributed by atoms with Crippen LogP contribution in [0.15, 0.2) is 34.9 Å². The molecule has 0 aliphatic rings. The van der Waals surface area contributed by atoms with Gasteiger partial charge in [-0.2, -0.15) is 0 Å². The van der Waals surface area contributed by atoms with Gasteiger partial charge in [0.2, 0.25) is 11.5 Å². The molecular formula is C23H27NO7. The van der Waals surface area contributed by atoms with Crippen LogP contribution in [0.5, 0.6) is 34.5 Å². The zero-order valence-corrected chi connectivity index (χ0v) is 18.5. The lowest BCUT2D eigenvalue weighted by Gasteiger charge is -2.16. The zero-order valence-electron chi connectivity index (χ0n) is 18.5. The summed E-state index contributed by atoms with van der Waals surface area (Å²) in [6, 6.07) is 7.42. The molecule has 0 aliphatic heterocycles. The predicted molar refractivity (Wildman–Crippen MR) is 117 cm³/mol.